The first-order valence-corrected chi connectivity index (χ1v) is 8.91. The first kappa shape index (κ1) is 13.9. The molecule has 1 amide bonds. The number of thiazole rings is 1. The van der Waals surface area contributed by atoms with E-state index in [1.165, 1.54) is 23.4 Å². The molecular formula is C18H20N2OS. The Hall–Kier alpha value is -1.68. The number of nitrogens with zero attached hydrogens (tertiary/aromatic N) is 1. The number of hydrogen-bond donors (Lipinski definition) is 1. The van der Waals surface area contributed by atoms with Crippen LogP contribution in [0.2, 0.25) is 0 Å². The Balaban J connectivity index is 1.36. The zero-order valence-electron chi connectivity index (χ0n) is 12.7. The molecule has 4 heteroatoms. The summed E-state index contributed by atoms with van der Waals surface area (Å²) in [5, 5.41) is 6.47. The molecule has 114 valence electrons. The van der Waals surface area contributed by atoms with Gasteiger partial charge in [-0.2, -0.15) is 0 Å². The molecule has 1 N–H and O–H groups in total. The molecule has 2 aliphatic rings. The minimum Gasteiger partial charge on any atom is -0.348 e. The Morgan fingerprint density at radius 1 is 1.32 bits per heavy atom. The van der Waals surface area contributed by atoms with E-state index < -0.39 is 0 Å². The summed E-state index contributed by atoms with van der Waals surface area (Å²) in [6.45, 7) is 2.03. The van der Waals surface area contributed by atoms with Crippen molar-refractivity contribution < 1.29 is 4.79 Å². The lowest BCUT2D eigenvalue weighted by Crippen LogP contribution is -2.28. The number of carbonyl (C=O) groups excluding carboxylic acids is 1. The van der Waals surface area contributed by atoms with E-state index in [0.717, 1.165) is 12.1 Å². The lowest BCUT2D eigenvalue weighted by molar-refractivity contribution is -0.123. The summed E-state index contributed by atoms with van der Waals surface area (Å²) >= 11 is 1.73. The molecule has 0 radical (unpaired) electrons. The predicted octanol–water partition coefficient (Wildman–Crippen LogP) is 4.00. The number of nitrogens with one attached hydrogen (secondary N) is 1. The summed E-state index contributed by atoms with van der Waals surface area (Å²) < 4.78 is 0. The van der Waals surface area contributed by atoms with Crippen LogP contribution in [0, 0.1) is 5.92 Å². The SMILES string of the molecule is C[C@H](NC(=O)[C@H]1C[C@@H]1c1ccccc1)c1csc(C2CC2)n1. The zero-order chi connectivity index (χ0) is 15.1. The average molecular weight is 312 g/mol. The molecular weight excluding hydrogens is 292 g/mol. The fourth-order valence-electron chi connectivity index (χ4n) is 2.97. The van der Waals surface area contributed by atoms with Crippen molar-refractivity contribution in [3.63, 3.8) is 0 Å². The van der Waals surface area contributed by atoms with Gasteiger partial charge in [0, 0.05) is 17.2 Å². The van der Waals surface area contributed by atoms with Gasteiger partial charge in [0.2, 0.25) is 5.91 Å². The van der Waals surface area contributed by atoms with E-state index in [2.05, 4.69) is 27.8 Å². The number of amides is 1. The minimum atomic E-state index is 0.00766. The Morgan fingerprint density at radius 3 is 2.82 bits per heavy atom. The van der Waals surface area contributed by atoms with Crippen LogP contribution in [0.15, 0.2) is 35.7 Å². The largest absolute Gasteiger partial charge is 0.348 e. The molecule has 1 aromatic carbocycles. The number of hydrogen-bond acceptors (Lipinski definition) is 3. The molecule has 0 bridgehead atoms. The molecule has 1 heterocycles. The quantitative estimate of drug-likeness (QED) is 0.906. The van der Waals surface area contributed by atoms with Gasteiger partial charge in [0.25, 0.3) is 0 Å². The second kappa shape index (κ2) is 5.51. The van der Waals surface area contributed by atoms with Gasteiger partial charge < -0.3 is 5.32 Å². The Morgan fingerprint density at radius 2 is 2.09 bits per heavy atom. The highest BCUT2D eigenvalue weighted by Crippen LogP contribution is 2.47. The standard InChI is InChI=1S/C18H20N2OS/c1-11(16-10-22-18(20-16)13-7-8-13)19-17(21)15-9-14(15)12-5-3-2-4-6-12/h2-6,10-11,13-15H,7-9H2,1H3,(H,19,21)/t11-,14+,15-/m0/s1. The maximum Gasteiger partial charge on any atom is 0.224 e. The molecule has 2 aromatic rings. The van der Waals surface area contributed by atoms with Crippen molar-refractivity contribution >= 4 is 17.2 Å². The second-order valence-corrected chi connectivity index (χ2v) is 7.36. The second-order valence-electron chi connectivity index (χ2n) is 6.47. The van der Waals surface area contributed by atoms with Crippen LogP contribution in [0.25, 0.3) is 0 Å². The van der Waals surface area contributed by atoms with E-state index in [9.17, 15) is 4.79 Å². The third-order valence-electron chi connectivity index (χ3n) is 4.62. The monoisotopic (exact) mass is 312 g/mol. The van der Waals surface area contributed by atoms with Crippen LogP contribution < -0.4 is 5.32 Å². The summed E-state index contributed by atoms with van der Waals surface area (Å²) in [5.74, 6) is 1.38. The van der Waals surface area contributed by atoms with Gasteiger partial charge in [-0.25, -0.2) is 4.98 Å². The molecule has 0 unspecified atom stereocenters. The maximum absolute atomic E-state index is 12.4. The third kappa shape index (κ3) is 2.80. The number of benzene rings is 1. The van der Waals surface area contributed by atoms with Crippen LogP contribution in [-0.2, 0) is 4.79 Å². The molecule has 2 saturated carbocycles. The first-order valence-electron chi connectivity index (χ1n) is 8.03. The van der Waals surface area contributed by atoms with Gasteiger partial charge in [0.15, 0.2) is 0 Å². The smallest absolute Gasteiger partial charge is 0.224 e. The zero-order valence-corrected chi connectivity index (χ0v) is 13.5. The Labute approximate surface area is 134 Å². The van der Waals surface area contributed by atoms with E-state index in [1.807, 2.05) is 25.1 Å². The Bertz CT molecular complexity index is 677. The van der Waals surface area contributed by atoms with Crippen LogP contribution in [-0.4, -0.2) is 10.9 Å². The van der Waals surface area contributed by atoms with Crippen LogP contribution in [0.4, 0.5) is 0 Å². The summed E-state index contributed by atoms with van der Waals surface area (Å²) in [7, 11) is 0. The average Bonchev–Trinajstić information content (AvgIpc) is 3.46. The lowest BCUT2D eigenvalue weighted by Gasteiger charge is -2.11. The molecule has 2 aliphatic carbocycles. The number of rotatable bonds is 5. The van der Waals surface area contributed by atoms with E-state index in [0.29, 0.717) is 11.8 Å². The molecule has 0 aliphatic heterocycles. The highest BCUT2D eigenvalue weighted by molar-refractivity contribution is 7.09. The van der Waals surface area contributed by atoms with Crippen molar-refractivity contribution in [1.82, 2.24) is 10.3 Å². The van der Waals surface area contributed by atoms with Crippen molar-refractivity contribution in [3.8, 4) is 0 Å². The highest BCUT2D eigenvalue weighted by atomic mass is 32.1. The predicted molar refractivity (Wildman–Crippen MR) is 87.9 cm³/mol. The molecule has 0 spiro atoms. The lowest BCUT2D eigenvalue weighted by atomic mass is 10.1. The van der Waals surface area contributed by atoms with Crippen molar-refractivity contribution in [2.75, 3.05) is 0 Å². The number of aromatic nitrogens is 1. The van der Waals surface area contributed by atoms with Gasteiger partial charge in [0.05, 0.1) is 16.7 Å². The van der Waals surface area contributed by atoms with Crippen LogP contribution in [0.1, 0.15) is 60.3 Å². The summed E-state index contributed by atoms with van der Waals surface area (Å²) in [6, 6.07) is 10.3. The first-order chi connectivity index (χ1) is 10.7. The van der Waals surface area contributed by atoms with Crippen LogP contribution >= 0.6 is 11.3 Å². The van der Waals surface area contributed by atoms with Crippen molar-refractivity contribution in [2.24, 2.45) is 5.92 Å². The van der Waals surface area contributed by atoms with E-state index in [4.69, 9.17) is 0 Å². The van der Waals surface area contributed by atoms with Gasteiger partial charge in [-0.05, 0) is 37.7 Å². The van der Waals surface area contributed by atoms with Crippen molar-refractivity contribution in [3.05, 3.63) is 52.0 Å². The molecule has 0 saturated heterocycles. The van der Waals surface area contributed by atoms with E-state index in [1.54, 1.807) is 11.3 Å². The Kier molecular flexibility index (Phi) is 3.49. The normalized spacial score (nSPS) is 24.8. The number of carbonyl (C=O) groups is 1. The molecule has 22 heavy (non-hydrogen) atoms. The molecule has 3 nitrogen and oxygen atoms in total. The molecule has 1 aromatic heterocycles. The third-order valence-corrected chi connectivity index (χ3v) is 5.65. The molecule has 2 fully saturated rings. The topological polar surface area (TPSA) is 42.0 Å². The van der Waals surface area contributed by atoms with Gasteiger partial charge >= 0.3 is 0 Å². The van der Waals surface area contributed by atoms with Crippen LogP contribution in [0.5, 0.6) is 0 Å². The molecule has 3 atom stereocenters. The van der Waals surface area contributed by atoms with E-state index in [-0.39, 0.29) is 17.9 Å². The van der Waals surface area contributed by atoms with Gasteiger partial charge in [-0.1, -0.05) is 30.3 Å². The van der Waals surface area contributed by atoms with Gasteiger partial charge in [-0.15, -0.1) is 11.3 Å². The summed E-state index contributed by atoms with van der Waals surface area (Å²) in [4.78, 5) is 17.1. The van der Waals surface area contributed by atoms with Gasteiger partial charge in [-0.3, -0.25) is 4.79 Å². The van der Waals surface area contributed by atoms with E-state index >= 15 is 0 Å². The fourth-order valence-corrected chi connectivity index (χ4v) is 4.05. The highest BCUT2D eigenvalue weighted by Gasteiger charge is 2.44. The fraction of sp³-hybridized carbons (Fsp3) is 0.444. The minimum absolute atomic E-state index is 0.00766. The summed E-state index contributed by atoms with van der Waals surface area (Å²) in [6.07, 6.45) is 3.51. The van der Waals surface area contributed by atoms with Gasteiger partial charge in [0.1, 0.15) is 0 Å². The van der Waals surface area contributed by atoms with Crippen molar-refractivity contribution in [2.45, 2.75) is 44.1 Å². The van der Waals surface area contributed by atoms with Crippen molar-refractivity contribution in [1.29, 1.82) is 0 Å². The summed E-state index contributed by atoms with van der Waals surface area (Å²) in [5.41, 5.74) is 2.29. The maximum atomic E-state index is 12.4. The molecule has 4 rings (SSSR count). The van der Waals surface area contributed by atoms with Crippen LogP contribution in [0.3, 0.4) is 0 Å².